The Kier molecular flexibility index (Phi) is 5.97. The highest BCUT2D eigenvalue weighted by Gasteiger charge is 2.50. The standard InChI is InChI=1S/C32H37N3O/c1-22(2)34-19-17-25(18-20-34)35-21-23(3)30(31(35)36)33-32(24-11-5-4-6-12-24)28-15-9-7-13-26(28)27-14-8-10-16-29(27)32/h4-16,22-23,25,30,33H,17-21H2,1-3H3. The Labute approximate surface area is 215 Å². The fourth-order valence-electron chi connectivity index (χ4n) is 6.88. The van der Waals surface area contributed by atoms with Gasteiger partial charge < -0.3 is 9.80 Å². The van der Waals surface area contributed by atoms with Crippen molar-refractivity contribution < 1.29 is 4.79 Å². The van der Waals surface area contributed by atoms with Gasteiger partial charge in [-0.25, -0.2) is 0 Å². The molecule has 3 aliphatic rings. The molecular formula is C32H37N3O. The van der Waals surface area contributed by atoms with Crippen LogP contribution >= 0.6 is 0 Å². The molecule has 0 aromatic heterocycles. The summed E-state index contributed by atoms with van der Waals surface area (Å²) < 4.78 is 0. The maximum absolute atomic E-state index is 14.1. The van der Waals surface area contributed by atoms with E-state index in [1.165, 1.54) is 27.8 Å². The van der Waals surface area contributed by atoms with Crippen LogP contribution in [-0.2, 0) is 10.3 Å². The first-order valence-electron chi connectivity index (χ1n) is 13.6. The summed E-state index contributed by atoms with van der Waals surface area (Å²) in [6, 6.07) is 28.8. The smallest absolute Gasteiger partial charge is 0.240 e. The Hall–Kier alpha value is -2.95. The summed E-state index contributed by atoms with van der Waals surface area (Å²) in [6.45, 7) is 9.76. The van der Waals surface area contributed by atoms with Gasteiger partial charge in [0.25, 0.3) is 0 Å². The molecule has 3 aromatic rings. The molecule has 0 saturated carbocycles. The quantitative estimate of drug-likeness (QED) is 0.542. The molecule has 0 bridgehead atoms. The van der Waals surface area contributed by atoms with Crippen LogP contribution < -0.4 is 5.32 Å². The first kappa shape index (κ1) is 23.4. The lowest BCUT2D eigenvalue weighted by Gasteiger charge is -2.39. The van der Waals surface area contributed by atoms with Crippen molar-refractivity contribution in [1.82, 2.24) is 15.1 Å². The van der Waals surface area contributed by atoms with Crippen molar-refractivity contribution in [1.29, 1.82) is 0 Å². The fourth-order valence-corrected chi connectivity index (χ4v) is 6.88. The predicted molar refractivity (Wildman–Crippen MR) is 146 cm³/mol. The van der Waals surface area contributed by atoms with E-state index in [2.05, 4.69) is 115 Å². The lowest BCUT2D eigenvalue weighted by atomic mass is 9.79. The van der Waals surface area contributed by atoms with Crippen molar-refractivity contribution in [3.63, 3.8) is 0 Å². The van der Waals surface area contributed by atoms with Gasteiger partial charge in [0.1, 0.15) is 0 Å². The molecule has 6 rings (SSSR count). The van der Waals surface area contributed by atoms with Crippen LogP contribution in [0.5, 0.6) is 0 Å². The molecule has 2 heterocycles. The maximum atomic E-state index is 14.1. The normalized spacial score (nSPS) is 23.8. The van der Waals surface area contributed by atoms with Gasteiger partial charge in [0.15, 0.2) is 0 Å². The van der Waals surface area contributed by atoms with Crippen LogP contribution in [0.15, 0.2) is 78.9 Å². The number of carbonyl (C=O) groups is 1. The van der Waals surface area contributed by atoms with E-state index in [0.717, 1.165) is 32.5 Å². The van der Waals surface area contributed by atoms with Crippen molar-refractivity contribution in [3.05, 3.63) is 95.6 Å². The van der Waals surface area contributed by atoms with Crippen LogP contribution in [0.25, 0.3) is 11.1 Å². The van der Waals surface area contributed by atoms with Crippen LogP contribution in [0.2, 0.25) is 0 Å². The van der Waals surface area contributed by atoms with Gasteiger partial charge in [0.05, 0.1) is 11.6 Å². The highest BCUT2D eigenvalue weighted by molar-refractivity contribution is 5.87. The number of carbonyl (C=O) groups excluding carboxylic acids is 1. The van der Waals surface area contributed by atoms with Crippen LogP contribution in [0.3, 0.4) is 0 Å². The molecular weight excluding hydrogens is 442 g/mol. The molecule has 4 heteroatoms. The van der Waals surface area contributed by atoms with Crippen LogP contribution in [0.4, 0.5) is 0 Å². The Morgan fingerprint density at radius 2 is 1.39 bits per heavy atom. The minimum absolute atomic E-state index is 0.229. The zero-order valence-corrected chi connectivity index (χ0v) is 21.7. The zero-order valence-electron chi connectivity index (χ0n) is 21.7. The predicted octanol–water partition coefficient (Wildman–Crippen LogP) is 5.27. The van der Waals surface area contributed by atoms with Gasteiger partial charge in [-0.15, -0.1) is 0 Å². The molecule has 0 radical (unpaired) electrons. The molecule has 1 aliphatic carbocycles. The number of benzene rings is 3. The molecule has 0 spiro atoms. The minimum Gasteiger partial charge on any atom is -0.338 e. The van der Waals surface area contributed by atoms with Crippen molar-refractivity contribution in [2.45, 2.75) is 57.3 Å². The lowest BCUT2D eigenvalue weighted by Crippen LogP contribution is -2.54. The number of likely N-dealkylation sites (tertiary alicyclic amines) is 2. The Bertz CT molecular complexity index is 1200. The number of hydrogen-bond donors (Lipinski definition) is 1. The summed E-state index contributed by atoms with van der Waals surface area (Å²) in [5.74, 6) is 0.504. The molecule has 3 aromatic carbocycles. The molecule has 2 atom stereocenters. The summed E-state index contributed by atoms with van der Waals surface area (Å²) in [7, 11) is 0. The van der Waals surface area contributed by atoms with Gasteiger partial charge in [-0.1, -0.05) is 85.8 Å². The molecule has 2 aliphatic heterocycles. The third-order valence-corrected chi connectivity index (χ3v) is 8.80. The molecule has 2 fully saturated rings. The summed E-state index contributed by atoms with van der Waals surface area (Å²) in [5, 5.41) is 4.01. The van der Waals surface area contributed by atoms with E-state index in [1.807, 2.05) is 0 Å². The first-order valence-corrected chi connectivity index (χ1v) is 13.6. The molecule has 186 valence electrons. The van der Waals surface area contributed by atoms with Crippen molar-refractivity contribution in [2.24, 2.45) is 5.92 Å². The second-order valence-electron chi connectivity index (χ2n) is 11.2. The highest BCUT2D eigenvalue weighted by atomic mass is 16.2. The number of rotatable bonds is 5. The van der Waals surface area contributed by atoms with E-state index in [0.29, 0.717) is 12.1 Å². The van der Waals surface area contributed by atoms with E-state index in [9.17, 15) is 4.79 Å². The van der Waals surface area contributed by atoms with Crippen LogP contribution in [0, 0.1) is 5.92 Å². The van der Waals surface area contributed by atoms with Gasteiger partial charge in [-0.05, 0) is 60.4 Å². The molecule has 1 amide bonds. The average molecular weight is 480 g/mol. The van der Waals surface area contributed by atoms with Crippen molar-refractivity contribution >= 4 is 5.91 Å². The minimum atomic E-state index is -0.556. The van der Waals surface area contributed by atoms with E-state index in [-0.39, 0.29) is 17.9 Å². The highest BCUT2D eigenvalue weighted by Crippen LogP contribution is 2.51. The summed E-state index contributed by atoms with van der Waals surface area (Å²) in [6.07, 6.45) is 2.14. The van der Waals surface area contributed by atoms with Gasteiger partial charge in [-0.2, -0.15) is 0 Å². The van der Waals surface area contributed by atoms with E-state index in [4.69, 9.17) is 0 Å². The topological polar surface area (TPSA) is 35.6 Å². The number of nitrogens with zero attached hydrogens (tertiary/aromatic N) is 2. The second kappa shape index (κ2) is 9.17. The number of nitrogens with one attached hydrogen (secondary N) is 1. The number of piperidine rings is 1. The van der Waals surface area contributed by atoms with Crippen molar-refractivity contribution in [2.75, 3.05) is 19.6 Å². The molecule has 2 unspecified atom stereocenters. The molecule has 2 saturated heterocycles. The molecule has 36 heavy (non-hydrogen) atoms. The van der Waals surface area contributed by atoms with Crippen molar-refractivity contribution in [3.8, 4) is 11.1 Å². The third kappa shape index (κ3) is 3.62. The Balaban J connectivity index is 1.38. The van der Waals surface area contributed by atoms with Gasteiger partial charge in [-0.3, -0.25) is 10.1 Å². The lowest BCUT2D eigenvalue weighted by molar-refractivity contribution is -0.132. The monoisotopic (exact) mass is 479 g/mol. The summed E-state index contributed by atoms with van der Waals surface area (Å²) in [5.41, 5.74) is 5.61. The van der Waals surface area contributed by atoms with Gasteiger partial charge >= 0.3 is 0 Å². The maximum Gasteiger partial charge on any atom is 0.240 e. The third-order valence-electron chi connectivity index (χ3n) is 8.80. The Morgan fingerprint density at radius 3 is 1.97 bits per heavy atom. The molecule has 1 N–H and O–H groups in total. The zero-order chi connectivity index (χ0) is 24.9. The van der Waals surface area contributed by atoms with Gasteiger partial charge in [0, 0.05) is 31.7 Å². The summed E-state index contributed by atoms with van der Waals surface area (Å²) in [4.78, 5) is 18.8. The largest absolute Gasteiger partial charge is 0.338 e. The second-order valence-corrected chi connectivity index (χ2v) is 11.2. The van der Waals surface area contributed by atoms with Crippen LogP contribution in [-0.4, -0.2) is 53.5 Å². The SMILES string of the molecule is CC1CN(C2CCN(C(C)C)CC2)C(=O)C1NC1(c2ccccc2)c2ccccc2-c2ccccc21. The fraction of sp³-hybridized carbons (Fsp3) is 0.406. The van der Waals surface area contributed by atoms with Gasteiger partial charge in [0.2, 0.25) is 5.91 Å². The van der Waals surface area contributed by atoms with E-state index in [1.54, 1.807) is 0 Å². The van der Waals surface area contributed by atoms with E-state index < -0.39 is 5.54 Å². The number of fused-ring (bicyclic) bond motifs is 3. The van der Waals surface area contributed by atoms with E-state index >= 15 is 0 Å². The number of hydrogen-bond acceptors (Lipinski definition) is 3. The Morgan fingerprint density at radius 1 is 0.833 bits per heavy atom. The first-order chi connectivity index (χ1) is 17.5. The average Bonchev–Trinajstić information content (AvgIpc) is 3.37. The van der Waals surface area contributed by atoms with Crippen LogP contribution in [0.1, 0.15) is 50.3 Å². The summed E-state index contributed by atoms with van der Waals surface area (Å²) >= 11 is 0. The molecule has 4 nitrogen and oxygen atoms in total. The number of amides is 1.